The van der Waals surface area contributed by atoms with Crippen molar-refractivity contribution >= 4 is 11.8 Å². The van der Waals surface area contributed by atoms with Gasteiger partial charge in [0.1, 0.15) is 0 Å². The summed E-state index contributed by atoms with van der Waals surface area (Å²) in [7, 11) is 0. The van der Waals surface area contributed by atoms with Gasteiger partial charge in [-0.25, -0.2) is 0 Å². The fraction of sp³-hybridized carbons (Fsp3) is 1.00. The maximum Gasteiger partial charge on any atom is 0.0697 e. The third kappa shape index (κ3) is 3.62. The van der Waals surface area contributed by atoms with Crippen molar-refractivity contribution in [3.05, 3.63) is 0 Å². The van der Waals surface area contributed by atoms with E-state index in [9.17, 15) is 0 Å². The fourth-order valence-electron chi connectivity index (χ4n) is 3.03. The Hall–Kier alpha value is 0.270. The second-order valence-corrected chi connectivity index (χ2v) is 7.79. The normalized spacial score (nSPS) is 28.8. The number of thioether (sulfide) groups is 1. The average Bonchev–Trinajstić information content (AvgIpc) is 2.75. The molecular weight excluding hydrogens is 230 g/mol. The summed E-state index contributed by atoms with van der Waals surface area (Å²) in [4.78, 5) is 0. The van der Waals surface area contributed by atoms with Crippen LogP contribution in [0.25, 0.3) is 0 Å². The molecule has 1 unspecified atom stereocenters. The molecule has 100 valence electrons. The number of nitrogens with one attached hydrogen (secondary N) is 1. The van der Waals surface area contributed by atoms with E-state index in [1.807, 2.05) is 11.8 Å². The first kappa shape index (κ1) is 13.7. The van der Waals surface area contributed by atoms with Crippen LogP contribution < -0.4 is 5.32 Å². The Morgan fingerprint density at radius 3 is 2.71 bits per heavy atom. The molecule has 1 N–H and O–H groups in total. The maximum atomic E-state index is 6.07. The Morgan fingerprint density at radius 1 is 1.35 bits per heavy atom. The summed E-state index contributed by atoms with van der Waals surface area (Å²) in [5, 5.41) is 3.76. The molecule has 3 heteroatoms. The minimum Gasteiger partial charge on any atom is -0.375 e. The second-order valence-electron chi connectivity index (χ2n) is 6.27. The van der Waals surface area contributed by atoms with Gasteiger partial charge in [-0.1, -0.05) is 12.8 Å². The predicted molar refractivity (Wildman–Crippen MR) is 75.8 cm³/mol. The topological polar surface area (TPSA) is 21.3 Å². The van der Waals surface area contributed by atoms with Crippen LogP contribution in [0.2, 0.25) is 0 Å². The van der Waals surface area contributed by atoms with Crippen molar-refractivity contribution in [3.8, 4) is 0 Å². The van der Waals surface area contributed by atoms with E-state index in [0.29, 0.717) is 10.8 Å². The van der Waals surface area contributed by atoms with Crippen LogP contribution in [-0.4, -0.2) is 35.8 Å². The van der Waals surface area contributed by atoms with Crippen molar-refractivity contribution < 1.29 is 4.74 Å². The lowest BCUT2D eigenvalue weighted by Gasteiger charge is -2.39. The SMILES string of the molecule is CSC(C)(C)CNC1CCOC2(CCCC2)C1. The molecule has 1 aliphatic carbocycles. The van der Waals surface area contributed by atoms with Crippen LogP contribution in [0.1, 0.15) is 52.4 Å². The summed E-state index contributed by atoms with van der Waals surface area (Å²) < 4.78 is 6.42. The van der Waals surface area contributed by atoms with Gasteiger partial charge >= 0.3 is 0 Å². The molecule has 0 radical (unpaired) electrons. The largest absolute Gasteiger partial charge is 0.375 e. The molecule has 2 nitrogen and oxygen atoms in total. The van der Waals surface area contributed by atoms with Gasteiger partial charge in [-0.15, -0.1) is 0 Å². The molecule has 2 fully saturated rings. The van der Waals surface area contributed by atoms with Gasteiger partial charge in [0.05, 0.1) is 5.60 Å². The van der Waals surface area contributed by atoms with Gasteiger partial charge in [-0.3, -0.25) is 0 Å². The highest BCUT2D eigenvalue weighted by Crippen LogP contribution is 2.40. The summed E-state index contributed by atoms with van der Waals surface area (Å²) in [6.45, 7) is 6.69. The van der Waals surface area contributed by atoms with Gasteiger partial charge in [-0.2, -0.15) is 11.8 Å². The van der Waals surface area contributed by atoms with Gasteiger partial charge in [0.15, 0.2) is 0 Å². The Bertz CT molecular complexity index is 249. The van der Waals surface area contributed by atoms with E-state index in [-0.39, 0.29) is 5.60 Å². The molecule has 1 atom stereocenters. The molecule has 1 heterocycles. The van der Waals surface area contributed by atoms with Crippen molar-refractivity contribution in [1.82, 2.24) is 5.32 Å². The Labute approximate surface area is 110 Å². The van der Waals surface area contributed by atoms with Crippen LogP contribution in [0.3, 0.4) is 0 Å². The highest BCUT2D eigenvalue weighted by molar-refractivity contribution is 7.99. The first-order chi connectivity index (χ1) is 8.05. The summed E-state index contributed by atoms with van der Waals surface area (Å²) in [6.07, 6.45) is 9.92. The third-order valence-electron chi connectivity index (χ3n) is 4.38. The highest BCUT2D eigenvalue weighted by atomic mass is 32.2. The summed E-state index contributed by atoms with van der Waals surface area (Å²) >= 11 is 1.95. The Kier molecular flexibility index (Phi) is 4.43. The quantitative estimate of drug-likeness (QED) is 0.835. The molecule has 0 amide bonds. The second kappa shape index (κ2) is 5.50. The zero-order valence-corrected chi connectivity index (χ0v) is 12.4. The minimum absolute atomic E-state index is 0.249. The molecule has 1 aliphatic heterocycles. The van der Waals surface area contributed by atoms with Gasteiger partial charge in [-0.05, 0) is 45.8 Å². The van der Waals surface area contributed by atoms with Crippen LogP contribution in [0, 0.1) is 0 Å². The summed E-state index contributed by atoms with van der Waals surface area (Å²) in [5.41, 5.74) is 0.249. The number of hydrogen-bond acceptors (Lipinski definition) is 3. The first-order valence-corrected chi connectivity index (χ1v) is 8.20. The van der Waals surface area contributed by atoms with Gasteiger partial charge in [0.25, 0.3) is 0 Å². The minimum atomic E-state index is 0.249. The first-order valence-electron chi connectivity index (χ1n) is 6.98. The Morgan fingerprint density at radius 2 is 2.06 bits per heavy atom. The Balaban J connectivity index is 1.81. The van der Waals surface area contributed by atoms with E-state index in [1.54, 1.807) is 0 Å². The van der Waals surface area contributed by atoms with Crippen LogP contribution in [0.4, 0.5) is 0 Å². The van der Waals surface area contributed by atoms with Crippen molar-refractivity contribution in [2.75, 3.05) is 19.4 Å². The molecule has 1 spiro atoms. The third-order valence-corrected chi connectivity index (χ3v) is 5.63. The monoisotopic (exact) mass is 257 g/mol. The molecule has 2 aliphatic rings. The molecule has 2 rings (SSSR count). The molecule has 1 saturated heterocycles. The van der Waals surface area contributed by atoms with Crippen LogP contribution >= 0.6 is 11.8 Å². The predicted octanol–water partition coefficient (Wildman–Crippen LogP) is 3.21. The molecule has 0 aromatic carbocycles. The van der Waals surface area contributed by atoms with E-state index in [4.69, 9.17) is 4.74 Å². The lowest BCUT2D eigenvalue weighted by Crippen LogP contribution is -2.48. The highest BCUT2D eigenvalue weighted by Gasteiger charge is 2.39. The van der Waals surface area contributed by atoms with Crippen molar-refractivity contribution in [2.24, 2.45) is 0 Å². The van der Waals surface area contributed by atoms with E-state index < -0.39 is 0 Å². The maximum absolute atomic E-state index is 6.07. The molecular formula is C14H27NOS. The zero-order chi connectivity index (χ0) is 12.4. The van der Waals surface area contributed by atoms with Crippen molar-refractivity contribution in [2.45, 2.75) is 68.8 Å². The average molecular weight is 257 g/mol. The van der Waals surface area contributed by atoms with Crippen LogP contribution in [0.15, 0.2) is 0 Å². The molecule has 17 heavy (non-hydrogen) atoms. The van der Waals surface area contributed by atoms with E-state index in [2.05, 4.69) is 25.4 Å². The standard InChI is InChI=1S/C14H27NOS/c1-13(2,17-3)11-15-12-6-9-16-14(10-12)7-4-5-8-14/h12,15H,4-11H2,1-3H3. The molecule has 0 bridgehead atoms. The molecule has 0 aromatic rings. The van der Waals surface area contributed by atoms with Gasteiger partial charge in [0, 0.05) is 23.9 Å². The van der Waals surface area contributed by atoms with E-state index >= 15 is 0 Å². The van der Waals surface area contributed by atoms with E-state index in [1.165, 1.54) is 38.5 Å². The number of rotatable bonds is 4. The van der Waals surface area contributed by atoms with E-state index in [0.717, 1.165) is 13.2 Å². The lowest BCUT2D eigenvalue weighted by molar-refractivity contribution is -0.0836. The lowest BCUT2D eigenvalue weighted by atomic mass is 9.89. The van der Waals surface area contributed by atoms with Crippen molar-refractivity contribution in [1.29, 1.82) is 0 Å². The number of hydrogen-bond donors (Lipinski definition) is 1. The fourth-order valence-corrected chi connectivity index (χ4v) is 3.26. The summed E-state index contributed by atoms with van der Waals surface area (Å²) in [6, 6.07) is 0.674. The number of ether oxygens (including phenoxy) is 1. The van der Waals surface area contributed by atoms with Crippen LogP contribution in [0.5, 0.6) is 0 Å². The van der Waals surface area contributed by atoms with Gasteiger partial charge < -0.3 is 10.1 Å². The van der Waals surface area contributed by atoms with Crippen LogP contribution in [-0.2, 0) is 4.74 Å². The molecule has 0 aromatic heterocycles. The zero-order valence-electron chi connectivity index (χ0n) is 11.6. The van der Waals surface area contributed by atoms with Gasteiger partial charge in [0.2, 0.25) is 0 Å². The summed E-state index contributed by atoms with van der Waals surface area (Å²) in [5.74, 6) is 0. The smallest absolute Gasteiger partial charge is 0.0697 e. The van der Waals surface area contributed by atoms with Crippen molar-refractivity contribution in [3.63, 3.8) is 0 Å². The molecule has 1 saturated carbocycles.